The van der Waals surface area contributed by atoms with E-state index >= 15 is 0 Å². The molecule has 8 nitrogen and oxygen atoms in total. The summed E-state index contributed by atoms with van der Waals surface area (Å²) in [5.74, 6) is 0.155. The van der Waals surface area contributed by atoms with E-state index in [1.807, 2.05) is 46.9 Å². The first-order chi connectivity index (χ1) is 14.7. The zero-order chi connectivity index (χ0) is 20.5. The van der Waals surface area contributed by atoms with Gasteiger partial charge in [0.1, 0.15) is 5.75 Å². The third kappa shape index (κ3) is 3.43. The topological polar surface area (TPSA) is 93.7 Å². The maximum Gasteiger partial charge on any atom is 0.180 e. The van der Waals surface area contributed by atoms with Crippen molar-refractivity contribution in [2.24, 2.45) is 0 Å². The van der Waals surface area contributed by atoms with Crippen molar-refractivity contribution in [2.45, 2.75) is 44.2 Å². The Morgan fingerprint density at radius 2 is 2.03 bits per heavy atom. The molecule has 0 saturated heterocycles. The summed E-state index contributed by atoms with van der Waals surface area (Å²) < 4.78 is 3.87. The van der Waals surface area contributed by atoms with Gasteiger partial charge in [-0.05, 0) is 44.5 Å². The Morgan fingerprint density at radius 3 is 2.83 bits per heavy atom. The van der Waals surface area contributed by atoms with E-state index in [0.717, 1.165) is 29.6 Å². The van der Waals surface area contributed by atoms with Crippen LogP contribution in [0.3, 0.4) is 0 Å². The molecule has 154 valence electrons. The van der Waals surface area contributed by atoms with Crippen molar-refractivity contribution >= 4 is 11.0 Å². The highest BCUT2D eigenvalue weighted by Crippen LogP contribution is 2.33. The molecular weight excluding hydrogens is 378 g/mol. The molecule has 1 fully saturated rings. The summed E-state index contributed by atoms with van der Waals surface area (Å²) in [6.07, 6.45) is 12.9. The Kier molecular flexibility index (Phi) is 4.92. The van der Waals surface area contributed by atoms with Crippen LogP contribution in [0.15, 0.2) is 49.2 Å². The van der Waals surface area contributed by atoms with Gasteiger partial charge in [-0.25, -0.2) is 9.67 Å². The average molecular weight is 403 g/mol. The number of nitrogens with one attached hydrogen (secondary N) is 1. The van der Waals surface area contributed by atoms with Crippen molar-refractivity contribution in [2.75, 3.05) is 7.05 Å². The summed E-state index contributed by atoms with van der Waals surface area (Å²) in [7, 11) is 2.03. The van der Waals surface area contributed by atoms with E-state index in [0.29, 0.717) is 23.3 Å². The number of aromatic hydroxyl groups is 1. The number of nitrogens with zero attached hydrogens (tertiary/aromatic N) is 6. The molecular formula is C22H25N7O. The number of imidazole rings is 1. The summed E-state index contributed by atoms with van der Waals surface area (Å²) >= 11 is 0. The third-order valence-electron chi connectivity index (χ3n) is 6.05. The third-order valence-corrected chi connectivity index (χ3v) is 6.05. The van der Waals surface area contributed by atoms with Crippen molar-refractivity contribution < 1.29 is 5.11 Å². The van der Waals surface area contributed by atoms with Gasteiger partial charge in [0.25, 0.3) is 0 Å². The molecule has 30 heavy (non-hydrogen) atoms. The van der Waals surface area contributed by atoms with Crippen LogP contribution < -0.4 is 5.32 Å². The molecule has 4 aromatic rings. The van der Waals surface area contributed by atoms with Crippen molar-refractivity contribution in [1.29, 1.82) is 0 Å². The first-order valence-electron chi connectivity index (χ1n) is 10.4. The second-order valence-corrected chi connectivity index (χ2v) is 7.93. The van der Waals surface area contributed by atoms with Crippen LogP contribution in [0, 0.1) is 0 Å². The second-order valence-electron chi connectivity index (χ2n) is 7.93. The molecule has 1 saturated carbocycles. The zero-order valence-electron chi connectivity index (χ0n) is 16.9. The molecule has 0 bridgehead atoms. The van der Waals surface area contributed by atoms with Gasteiger partial charge in [-0.15, -0.1) is 10.2 Å². The number of fused-ring (bicyclic) bond motifs is 1. The lowest BCUT2D eigenvalue weighted by Gasteiger charge is -2.20. The van der Waals surface area contributed by atoms with E-state index in [-0.39, 0.29) is 5.75 Å². The van der Waals surface area contributed by atoms with E-state index in [1.54, 1.807) is 18.6 Å². The van der Waals surface area contributed by atoms with Crippen molar-refractivity contribution in [3.05, 3.63) is 49.2 Å². The number of benzene rings is 1. The SMILES string of the molecule is CN[C@H]1CCCC[C@@H](n2ncc3cc(-c4ccc(-n5ccnc5)cc4O)nnc32)C1. The number of aromatic nitrogens is 6. The van der Waals surface area contributed by atoms with Gasteiger partial charge in [0.2, 0.25) is 0 Å². The summed E-state index contributed by atoms with van der Waals surface area (Å²) in [5, 5.41) is 28.5. The van der Waals surface area contributed by atoms with Crippen LogP contribution in [-0.2, 0) is 0 Å². The van der Waals surface area contributed by atoms with Crippen LogP contribution in [-0.4, -0.2) is 47.7 Å². The smallest absolute Gasteiger partial charge is 0.180 e. The lowest BCUT2D eigenvalue weighted by atomic mass is 10.1. The highest BCUT2D eigenvalue weighted by atomic mass is 16.3. The molecule has 0 radical (unpaired) electrons. The molecule has 1 aromatic carbocycles. The zero-order valence-corrected chi connectivity index (χ0v) is 16.9. The molecule has 0 spiro atoms. The Labute approximate surface area is 174 Å². The van der Waals surface area contributed by atoms with Crippen LogP contribution in [0.1, 0.15) is 38.1 Å². The van der Waals surface area contributed by atoms with E-state index in [2.05, 4.69) is 25.6 Å². The van der Waals surface area contributed by atoms with Crippen LogP contribution in [0.5, 0.6) is 5.75 Å². The van der Waals surface area contributed by atoms with Crippen LogP contribution in [0.2, 0.25) is 0 Å². The molecule has 1 aliphatic rings. The van der Waals surface area contributed by atoms with Crippen LogP contribution >= 0.6 is 0 Å². The highest BCUT2D eigenvalue weighted by molar-refractivity contribution is 5.80. The number of phenolic OH excluding ortho intramolecular Hbond substituents is 1. The predicted molar refractivity (Wildman–Crippen MR) is 115 cm³/mol. The maximum atomic E-state index is 10.6. The molecule has 5 rings (SSSR count). The van der Waals surface area contributed by atoms with Crippen molar-refractivity contribution in [3.8, 4) is 22.7 Å². The molecule has 3 aromatic heterocycles. The van der Waals surface area contributed by atoms with E-state index in [1.165, 1.54) is 19.3 Å². The molecule has 2 atom stereocenters. The Balaban J connectivity index is 1.46. The molecule has 8 heteroatoms. The van der Waals surface area contributed by atoms with Gasteiger partial charge >= 0.3 is 0 Å². The number of hydrogen-bond donors (Lipinski definition) is 2. The molecule has 2 N–H and O–H groups in total. The lowest BCUT2D eigenvalue weighted by molar-refractivity contribution is 0.374. The maximum absolute atomic E-state index is 10.6. The largest absolute Gasteiger partial charge is 0.507 e. The minimum Gasteiger partial charge on any atom is -0.507 e. The number of hydrogen-bond acceptors (Lipinski definition) is 6. The fourth-order valence-corrected chi connectivity index (χ4v) is 4.38. The van der Waals surface area contributed by atoms with E-state index in [9.17, 15) is 5.11 Å². The molecule has 1 aliphatic carbocycles. The van der Waals surface area contributed by atoms with Gasteiger partial charge in [-0.3, -0.25) is 0 Å². The van der Waals surface area contributed by atoms with Crippen LogP contribution in [0.4, 0.5) is 0 Å². The quantitative estimate of drug-likeness (QED) is 0.507. The molecule has 3 heterocycles. The number of phenols is 1. The Morgan fingerprint density at radius 1 is 1.13 bits per heavy atom. The van der Waals surface area contributed by atoms with Crippen LogP contribution in [0.25, 0.3) is 28.0 Å². The van der Waals surface area contributed by atoms with Gasteiger partial charge in [0.05, 0.1) is 29.9 Å². The van der Waals surface area contributed by atoms with Crippen molar-refractivity contribution in [3.63, 3.8) is 0 Å². The number of rotatable bonds is 4. The highest BCUT2D eigenvalue weighted by Gasteiger charge is 2.23. The average Bonchev–Trinajstić information content (AvgIpc) is 3.39. The van der Waals surface area contributed by atoms with E-state index in [4.69, 9.17) is 0 Å². The Hall–Kier alpha value is -3.26. The predicted octanol–water partition coefficient (Wildman–Crippen LogP) is 3.48. The van der Waals surface area contributed by atoms with Gasteiger partial charge in [0, 0.05) is 35.5 Å². The minimum atomic E-state index is 0.155. The summed E-state index contributed by atoms with van der Waals surface area (Å²) in [4.78, 5) is 4.05. The minimum absolute atomic E-state index is 0.155. The van der Waals surface area contributed by atoms with Gasteiger partial charge in [-0.1, -0.05) is 12.8 Å². The standard InChI is InChI=1S/C22H25N7O/c1-23-16-4-2-3-5-18(11-16)29-22-15(13-25-29)10-20(26-27-22)19-7-6-17(12-21(19)30)28-9-8-24-14-28/h6-10,12-14,16,18,23,30H,2-5,11H2,1H3/t16-,18+/m0/s1. The van der Waals surface area contributed by atoms with Gasteiger partial charge in [0.15, 0.2) is 5.65 Å². The summed E-state index contributed by atoms with van der Waals surface area (Å²) in [5.41, 5.74) is 2.91. The normalized spacial score (nSPS) is 19.8. The van der Waals surface area contributed by atoms with Gasteiger partial charge < -0.3 is 15.0 Å². The fraction of sp³-hybridized carbons (Fsp3) is 0.364. The van der Waals surface area contributed by atoms with E-state index < -0.39 is 0 Å². The molecule has 0 aliphatic heterocycles. The lowest BCUT2D eigenvalue weighted by Crippen LogP contribution is -2.27. The first-order valence-corrected chi connectivity index (χ1v) is 10.4. The first kappa shape index (κ1) is 18.7. The summed E-state index contributed by atoms with van der Waals surface area (Å²) in [6.45, 7) is 0. The Bertz CT molecular complexity index is 1150. The van der Waals surface area contributed by atoms with Gasteiger partial charge in [-0.2, -0.15) is 5.10 Å². The molecule has 0 amide bonds. The summed E-state index contributed by atoms with van der Waals surface area (Å²) in [6, 6.07) is 8.27. The second kappa shape index (κ2) is 7.87. The van der Waals surface area contributed by atoms with Crippen molar-refractivity contribution in [1.82, 2.24) is 34.8 Å². The monoisotopic (exact) mass is 403 g/mol. The molecule has 0 unspecified atom stereocenters. The fourth-order valence-electron chi connectivity index (χ4n) is 4.38.